The maximum atomic E-state index is 12.7. The van der Waals surface area contributed by atoms with Gasteiger partial charge in [-0.3, -0.25) is 4.79 Å². The first-order valence-corrected chi connectivity index (χ1v) is 10.7. The van der Waals surface area contributed by atoms with Crippen LogP contribution in [-0.2, 0) is 14.6 Å². The molecule has 3 rings (SSSR count). The monoisotopic (exact) mass is 437 g/mol. The van der Waals surface area contributed by atoms with Crippen molar-refractivity contribution in [2.45, 2.75) is 38.1 Å². The van der Waals surface area contributed by atoms with Crippen molar-refractivity contribution in [3.8, 4) is 0 Å². The van der Waals surface area contributed by atoms with Gasteiger partial charge in [-0.1, -0.05) is 18.9 Å². The van der Waals surface area contributed by atoms with Crippen molar-refractivity contribution < 1.29 is 13.2 Å². The van der Waals surface area contributed by atoms with E-state index in [2.05, 4.69) is 5.32 Å². The van der Waals surface area contributed by atoms with E-state index in [1.54, 1.807) is 0 Å². The van der Waals surface area contributed by atoms with Crippen LogP contribution in [0.25, 0.3) is 0 Å². The van der Waals surface area contributed by atoms with E-state index in [4.69, 9.17) is 5.73 Å². The highest BCUT2D eigenvalue weighted by Crippen LogP contribution is 2.32. The van der Waals surface area contributed by atoms with Crippen molar-refractivity contribution in [3.63, 3.8) is 0 Å². The molecule has 1 aromatic rings. The molecule has 1 saturated heterocycles. The Bertz CT molecular complexity index is 742. The Balaban J connectivity index is 0.00000182. The summed E-state index contributed by atoms with van der Waals surface area (Å²) in [5.41, 5.74) is 7.54. The van der Waals surface area contributed by atoms with Crippen molar-refractivity contribution in [2.24, 2.45) is 11.7 Å². The Morgan fingerprint density at radius 1 is 1.22 bits per heavy atom. The highest BCUT2D eigenvalue weighted by Gasteiger charge is 2.37. The molecule has 2 unspecified atom stereocenters. The van der Waals surface area contributed by atoms with E-state index >= 15 is 0 Å². The van der Waals surface area contributed by atoms with Gasteiger partial charge in [0.2, 0.25) is 5.91 Å². The lowest BCUT2D eigenvalue weighted by Crippen LogP contribution is -2.51. The van der Waals surface area contributed by atoms with Gasteiger partial charge in [0, 0.05) is 30.0 Å². The molecule has 1 saturated carbocycles. The van der Waals surface area contributed by atoms with Crippen LogP contribution in [0.3, 0.4) is 0 Å². The number of carbonyl (C=O) groups is 1. The summed E-state index contributed by atoms with van der Waals surface area (Å²) >= 11 is 0. The number of nitrogens with zero attached hydrogens (tertiary/aromatic N) is 1. The van der Waals surface area contributed by atoms with Gasteiger partial charge in [0.15, 0.2) is 9.84 Å². The van der Waals surface area contributed by atoms with Gasteiger partial charge in [0.1, 0.15) is 0 Å². The first-order chi connectivity index (χ1) is 11.8. The zero-order valence-corrected chi connectivity index (χ0v) is 18.0. The quantitative estimate of drug-likeness (QED) is 0.757. The predicted molar refractivity (Wildman–Crippen MR) is 115 cm³/mol. The molecule has 0 bridgehead atoms. The molecular weight excluding hydrogens is 409 g/mol. The molecule has 2 fully saturated rings. The first kappa shape index (κ1) is 24.0. The number of sulfone groups is 1. The number of halogens is 2. The van der Waals surface area contributed by atoms with Crippen LogP contribution in [0.15, 0.2) is 24.3 Å². The zero-order valence-electron chi connectivity index (χ0n) is 15.5. The molecule has 1 heterocycles. The van der Waals surface area contributed by atoms with E-state index in [-0.39, 0.29) is 48.1 Å². The number of rotatable bonds is 3. The summed E-state index contributed by atoms with van der Waals surface area (Å²) in [5.74, 6) is 0.155. The number of nitrogens with two attached hydrogens (primary N) is 1. The summed E-state index contributed by atoms with van der Waals surface area (Å²) < 4.78 is 23.2. The summed E-state index contributed by atoms with van der Waals surface area (Å²) in [5, 5.41) is 3.00. The highest BCUT2D eigenvalue weighted by molar-refractivity contribution is 7.91. The van der Waals surface area contributed by atoms with Gasteiger partial charge >= 0.3 is 0 Å². The van der Waals surface area contributed by atoms with E-state index in [0.29, 0.717) is 13.1 Å². The van der Waals surface area contributed by atoms with Gasteiger partial charge in [-0.05, 0) is 38.0 Å². The van der Waals surface area contributed by atoms with Crippen LogP contribution in [-0.4, -0.2) is 44.5 Å². The van der Waals surface area contributed by atoms with Gasteiger partial charge in [0.05, 0.1) is 17.4 Å². The van der Waals surface area contributed by atoms with Gasteiger partial charge in [-0.2, -0.15) is 0 Å². The number of amides is 1. The molecule has 27 heavy (non-hydrogen) atoms. The lowest BCUT2D eigenvalue weighted by molar-refractivity contribution is -0.122. The third-order valence-electron chi connectivity index (χ3n) is 5.39. The highest BCUT2D eigenvalue weighted by atomic mass is 35.5. The van der Waals surface area contributed by atoms with Gasteiger partial charge in [-0.15, -0.1) is 24.8 Å². The smallest absolute Gasteiger partial charge is 0.229 e. The Morgan fingerprint density at radius 2 is 1.89 bits per heavy atom. The maximum Gasteiger partial charge on any atom is 0.229 e. The molecule has 2 aliphatic rings. The molecule has 9 heteroatoms. The third-order valence-corrected chi connectivity index (χ3v) is 7.00. The first-order valence-electron chi connectivity index (χ1n) is 8.92. The van der Waals surface area contributed by atoms with Crippen LogP contribution in [0.5, 0.6) is 0 Å². The molecule has 1 aliphatic carbocycles. The van der Waals surface area contributed by atoms with Gasteiger partial charge in [-0.25, -0.2) is 8.42 Å². The molecule has 1 amide bonds. The number of anilines is 2. The molecule has 154 valence electrons. The van der Waals surface area contributed by atoms with E-state index in [9.17, 15) is 13.2 Å². The van der Waals surface area contributed by atoms with Crippen LogP contribution in [0.1, 0.15) is 32.6 Å². The maximum absolute atomic E-state index is 12.7. The molecule has 0 aromatic heterocycles. The minimum atomic E-state index is -2.91. The average Bonchev–Trinajstić information content (AvgIpc) is 2.54. The number of hydrogen-bond donors (Lipinski definition) is 2. The molecule has 1 aliphatic heterocycles. The predicted octanol–water partition coefficient (Wildman–Crippen LogP) is 2.61. The van der Waals surface area contributed by atoms with Crippen molar-refractivity contribution in [3.05, 3.63) is 24.3 Å². The standard InChI is InChI=1S/C18H27N3O3S.2ClH/c1-18(19)8-3-2-7-16(18)17(22)20-14-5-4-6-15(13-14)21-9-11-25(23,24)12-10-21;;/h4-6,13,16H,2-3,7-12,19H2,1H3,(H,20,22);2*1H. The fourth-order valence-corrected chi connectivity index (χ4v) is 4.97. The van der Waals surface area contributed by atoms with Crippen molar-refractivity contribution in [2.75, 3.05) is 34.8 Å². The average molecular weight is 438 g/mol. The molecule has 0 radical (unpaired) electrons. The lowest BCUT2D eigenvalue weighted by atomic mass is 9.74. The van der Waals surface area contributed by atoms with Crippen molar-refractivity contribution >= 4 is 51.9 Å². The van der Waals surface area contributed by atoms with E-state index in [0.717, 1.165) is 37.1 Å². The molecule has 6 nitrogen and oxygen atoms in total. The molecule has 1 aromatic carbocycles. The van der Waals surface area contributed by atoms with Gasteiger partial charge < -0.3 is 16.0 Å². The van der Waals surface area contributed by atoms with E-state index in [1.807, 2.05) is 36.1 Å². The van der Waals surface area contributed by atoms with E-state index < -0.39 is 15.4 Å². The topological polar surface area (TPSA) is 92.5 Å². The molecular formula is C18H29Cl2N3O3S. The molecule has 3 N–H and O–H groups in total. The second-order valence-electron chi connectivity index (χ2n) is 7.48. The number of nitrogens with one attached hydrogen (secondary N) is 1. The number of hydrogen-bond acceptors (Lipinski definition) is 5. The van der Waals surface area contributed by atoms with E-state index in [1.165, 1.54) is 0 Å². The molecule has 2 atom stereocenters. The summed E-state index contributed by atoms with van der Waals surface area (Å²) in [6.45, 7) is 2.94. The van der Waals surface area contributed by atoms with Crippen LogP contribution in [0.4, 0.5) is 11.4 Å². The van der Waals surface area contributed by atoms with Crippen molar-refractivity contribution in [1.29, 1.82) is 0 Å². The van der Waals surface area contributed by atoms with Crippen LogP contribution in [0.2, 0.25) is 0 Å². The third kappa shape index (κ3) is 5.98. The minimum absolute atomic E-state index is 0. The Hall–Kier alpha value is -1.02. The van der Waals surface area contributed by atoms with Crippen LogP contribution in [0, 0.1) is 5.92 Å². The van der Waals surface area contributed by atoms with Crippen molar-refractivity contribution in [1.82, 2.24) is 0 Å². The largest absolute Gasteiger partial charge is 0.369 e. The van der Waals surface area contributed by atoms with Crippen LogP contribution < -0.4 is 16.0 Å². The summed E-state index contributed by atoms with van der Waals surface area (Å²) in [7, 11) is -2.91. The Labute approximate surface area is 174 Å². The SMILES string of the molecule is CC1(N)CCCCC1C(=O)Nc1cccc(N2CCS(=O)(=O)CC2)c1.Cl.Cl. The summed E-state index contributed by atoms with van der Waals surface area (Å²) in [4.78, 5) is 14.7. The summed E-state index contributed by atoms with van der Waals surface area (Å²) in [6.07, 6.45) is 3.80. The Morgan fingerprint density at radius 3 is 2.52 bits per heavy atom. The molecule has 0 spiro atoms. The zero-order chi connectivity index (χ0) is 18.1. The van der Waals surface area contributed by atoms with Gasteiger partial charge in [0.25, 0.3) is 0 Å². The normalized spacial score (nSPS) is 27.0. The fourth-order valence-electron chi connectivity index (χ4n) is 3.77. The number of benzene rings is 1. The Kier molecular flexibility index (Phi) is 8.41. The lowest BCUT2D eigenvalue weighted by Gasteiger charge is -2.37. The summed E-state index contributed by atoms with van der Waals surface area (Å²) in [6, 6.07) is 7.60. The second-order valence-corrected chi connectivity index (χ2v) is 9.79. The number of carbonyl (C=O) groups excluding carboxylic acids is 1. The van der Waals surface area contributed by atoms with Crippen LogP contribution >= 0.6 is 24.8 Å². The fraction of sp³-hybridized carbons (Fsp3) is 0.611. The minimum Gasteiger partial charge on any atom is -0.369 e. The second kappa shape index (κ2) is 9.45.